The lowest BCUT2D eigenvalue weighted by Gasteiger charge is -2.34. The number of halogens is 2. The fourth-order valence-corrected chi connectivity index (χ4v) is 3.04. The number of aromatic nitrogens is 3. The first-order valence-electron chi connectivity index (χ1n) is 8.55. The number of hydrogen-bond donors (Lipinski definition) is 1. The maximum Gasteiger partial charge on any atom is 0.319 e. The van der Waals surface area contributed by atoms with Crippen molar-refractivity contribution in [3.63, 3.8) is 0 Å². The molecule has 1 aliphatic heterocycles. The normalized spacial score (nSPS) is 15.5. The summed E-state index contributed by atoms with van der Waals surface area (Å²) in [4.78, 5) is 25.0. The number of rotatable bonds is 6. The van der Waals surface area contributed by atoms with Gasteiger partial charge in [-0.15, -0.1) is 0 Å². The minimum absolute atomic E-state index is 0.0106. The molecule has 1 fully saturated rings. The molecule has 26 heavy (non-hydrogen) atoms. The number of nitrogens with zero attached hydrogens (tertiary/aromatic N) is 5. The Morgan fingerprint density at radius 2 is 1.88 bits per heavy atom. The van der Waals surface area contributed by atoms with Crippen molar-refractivity contribution in [1.29, 1.82) is 0 Å². The number of carbonyl (C=O) groups excluding carboxylic acids is 1. The molecule has 0 aliphatic carbocycles. The molecule has 2 aromatic rings. The van der Waals surface area contributed by atoms with Gasteiger partial charge >= 0.3 is 6.55 Å². The largest absolute Gasteiger partial charge is 0.349 e. The standard InChI is InChI=1S/C17H22F2N6O/c1-13-3-4-14(25(13)16(18)19)15(26)20-7-8-23-9-11-24(12-10-23)17-21-5-2-6-22-17/h2-6,16H,7-12H2,1H3,(H,20,26). The summed E-state index contributed by atoms with van der Waals surface area (Å²) < 4.78 is 26.8. The average molecular weight is 364 g/mol. The van der Waals surface area contributed by atoms with E-state index in [2.05, 4.69) is 25.1 Å². The maximum atomic E-state index is 13.0. The van der Waals surface area contributed by atoms with Gasteiger partial charge in [0.2, 0.25) is 5.95 Å². The summed E-state index contributed by atoms with van der Waals surface area (Å²) in [6.07, 6.45) is 3.45. The molecule has 3 rings (SSSR count). The quantitative estimate of drug-likeness (QED) is 0.842. The van der Waals surface area contributed by atoms with Crippen molar-refractivity contribution in [1.82, 2.24) is 24.8 Å². The van der Waals surface area contributed by atoms with Crippen LogP contribution in [-0.4, -0.2) is 64.6 Å². The second-order valence-corrected chi connectivity index (χ2v) is 6.14. The van der Waals surface area contributed by atoms with Crippen LogP contribution in [0.4, 0.5) is 14.7 Å². The minimum atomic E-state index is -2.72. The van der Waals surface area contributed by atoms with Crippen LogP contribution in [0.3, 0.4) is 0 Å². The van der Waals surface area contributed by atoms with Crippen LogP contribution < -0.4 is 10.2 Å². The Hall–Kier alpha value is -2.55. The van der Waals surface area contributed by atoms with E-state index in [9.17, 15) is 13.6 Å². The molecule has 9 heteroatoms. The fraction of sp³-hybridized carbons (Fsp3) is 0.471. The molecule has 0 saturated carbocycles. The van der Waals surface area contributed by atoms with E-state index < -0.39 is 12.5 Å². The summed E-state index contributed by atoms with van der Waals surface area (Å²) in [6, 6.07) is 4.73. The van der Waals surface area contributed by atoms with Gasteiger partial charge in [0, 0.05) is 57.4 Å². The molecular formula is C17H22F2N6O. The molecule has 0 atom stereocenters. The van der Waals surface area contributed by atoms with Gasteiger partial charge in [-0.3, -0.25) is 14.3 Å². The van der Waals surface area contributed by atoms with Crippen molar-refractivity contribution in [2.24, 2.45) is 0 Å². The highest BCUT2D eigenvalue weighted by Gasteiger charge is 2.20. The van der Waals surface area contributed by atoms with Crippen LogP contribution in [0.2, 0.25) is 0 Å². The molecule has 0 spiro atoms. The van der Waals surface area contributed by atoms with Crippen LogP contribution >= 0.6 is 0 Å². The number of nitrogens with one attached hydrogen (secondary N) is 1. The van der Waals surface area contributed by atoms with Gasteiger partial charge in [-0.25, -0.2) is 9.97 Å². The summed E-state index contributed by atoms with van der Waals surface area (Å²) >= 11 is 0. The van der Waals surface area contributed by atoms with E-state index in [0.717, 1.165) is 36.7 Å². The SMILES string of the molecule is Cc1ccc(C(=O)NCCN2CCN(c3ncccn3)CC2)n1C(F)F. The van der Waals surface area contributed by atoms with E-state index in [1.807, 2.05) is 0 Å². The van der Waals surface area contributed by atoms with Crippen molar-refractivity contribution in [3.05, 3.63) is 42.0 Å². The Labute approximate surface area is 150 Å². The van der Waals surface area contributed by atoms with E-state index in [-0.39, 0.29) is 5.69 Å². The number of carbonyl (C=O) groups is 1. The third-order valence-corrected chi connectivity index (χ3v) is 4.47. The van der Waals surface area contributed by atoms with E-state index >= 15 is 0 Å². The van der Waals surface area contributed by atoms with Crippen LogP contribution in [0, 0.1) is 6.92 Å². The van der Waals surface area contributed by atoms with Gasteiger partial charge < -0.3 is 10.2 Å². The molecule has 1 amide bonds. The number of aryl methyl sites for hydroxylation is 1. The molecule has 0 unspecified atom stereocenters. The van der Waals surface area contributed by atoms with Gasteiger partial charge in [0.25, 0.3) is 5.91 Å². The van der Waals surface area contributed by atoms with Gasteiger partial charge in [0.05, 0.1) is 0 Å². The minimum Gasteiger partial charge on any atom is -0.349 e. The topological polar surface area (TPSA) is 66.3 Å². The second-order valence-electron chi connectivity index (χ2n) is 6.14. The zero-order valence-corrected chi connectivity index (χ0v) is 14.6. The summed E-state index contributed by atoms with van der Waals surface area (Å²) in [5.41, 5.74) is 0.355. The van der Waals surface area contributed by atoms with Crippen LogP contribution in [0.1, 0.15) is 22.7 Å². The monoisotopic (exact) mass is 364 g/mol. The summed E-state index contributed by atoms with van der Waals surface area (Å²) in [7, 11) is 0. The highest BCUT2D eigenvalue weighted by molar-refractivity contribution is 5.92. The highest BCUT2D eigenvalue weighted by atomic mass is 19.3. The molecule has 2 aromatic heterocycles. The van der Waals surface area contributed by atoms with E-state index in [0.29, 0.717) is 18.8 Å². The Kier molecular flexibility index (Phi) is 5.77. The molecule has 1 N–H and O–H groups in total. The molecular weight excluding hydrogens is 342 g/mol. The average Bonchev–Trinajstić information content (AvgIpc) is 3.05. The van der Waals surface area contributed by atoms with Crippen LogP contribution in [-0.2, 0) is 0 Å². The lowest BCUT2D eigenvalue weighted by Crippen LogP contribution is -2.49. The number of amides is 1. The zero-order chi connectivity index (χ0) is 18.5. The van der Waals surface area contributed by atoms with Crippen LogP contribution in [0.25, 0.3) is 0 Å². The number of alkyl halides is 2. The van der Waals surface area contributed by atoms with Crippen molar-refractivity contribution in [3.8, 4) is 0 Å². The molecule has 0 aromatic carbocycles. The van der Waals surface area contributed by atoms with Crippen LogP contribution in [0.15, 0.2) is 30.6 Å². The first-order valence-corrected chi connectivity index (χ1v) is 8.55. The second kappa shape index (κ2) is 8.22. The molecule has 0 radical (unpaired) electrons. The van der Waals surface area contributed by atoms with Crippen molar-refractivity contribution in [2.45, 2.75) is 13.5 Å². The Bertz CT molecular complexity index is 728. The predicted octanol–water partition coefficient (Wildman–Crippen LogP) is 1.53. The zero-order valence-electron chi connectivity index (χ0n) is 14.6. The molecule has 1 saturated heterocycles. The third kappa shape index (κ3) is 4.16. The molecule has 140 valence electrons. The third-order valence-electron chi connectivity index (χ3n) is 4.47. The van der Waals surface area contributed by atoms with Gasteiger partial charge in [0.1, 0.15) is 5.69 Å². The highest BCUT2D eigenvalue weighted by Crippen LogP contribution is 2.18. The Balaban J connectivity index is 1.44. The van der Waals surface area contributed by atoms with Crippen molar-refractivity contribution >= 4 is 11.9 Å². The molecule has 0 bridgehead atoms. The lowest BCUT2D eigenvalue weighted by molar-refractivity contribution is 0.0617. The van der Waals surface area contributed by atoms with E-state index in [4.69, 9.17) is 0 Å². The Morgan fingerprint density at radius 1 is 1.19 bits per heavy atom. The summed E-state index contributed by atoms with van der Waals surface area (Å²) in [5.74, 6) is 0.248. The van der Waals surface area contributed by atoms with E-state index in [1.54, 1.807) is 25.4 Å². The van der Waals surface area contributed by atoms with Crippen molar-refractivity contribution in [2.75, 3.05) is 44.2 Å². The van der Waals surface area contributed by atoms with Gasteiger partial charge in [-0.1, -0.05) is 0 Å². The summed E-state index contributed by atoms with van der Waals surface area (Å²) in [5, 5.41) is 2.72. The molecule has 1 aliphatic rings. The number of anilines is 1. The first-order chi connectivity index (χ1) is 12.6. The van der Waals surface area contributed by atoms with E-state index in [1.165, 1.54) is 12.1 Å². The number of piperazine rings is 1. The molecule has 7 nitrogen and oxygen atoms in total. The van der Waals surface area contributed by atoms with Gasteiger partial charge in [-0.05, 0) is 25.1 Å². The van der Waals surface area contributed by atoms with Crippen molar-refractivity contribution < 1.29 is 13.6 Å². The summed E-state index contributed by atoms with van der Waals surface area (Å²) in [6.45, 7) is 3.20. The van der Waals surface area contributed by atoms with Gasteiger partial charge in [-0.2, -0.15) is 8.78 Å². The van der Waals surface area contributed by atoms with Crippen LogP contribution in [0.5, 0.6) is 0 Å². The fourth-order valence-electron chi connectivity index (χ4n) is 3.04. The first kappa shape index (κ1) is 18.2. The molecule has 3 heterocycles. The number of hydrogen-bond acceptors (Lipinski definition) is 5. The smallest absolute Gasteiger partial charge is 0.319 e. The Morgan fingerprint density at radius 3 is 2.54 bits per heavy atom. The lowest BCUT2D eigenvalue weighted by atomic mass is 10.3. The maximum absolute atomic E-state index is 13.0. The predicted molar refractivity (Wildman–Crippen MR) is 93.4 cm³/mol. The van der Waals surface area contributed by atoms with Gasteiger partial charge in [0.15, 0.2) is 0 Å².